The molecule has 3 unspecified atom stereocenters. The van der Waals surface area contributed by atoms with Crippen LogP contribution in [0.4, 0.5) is 0 Å². The van der Waals surface area contributed by atoms with Gasteiger partial charge in [-0.1, -0.05) is 6.42 Å². The summed E-state index contributed by atoms with van der Waals surface area (Å²) in [7, 11) is 1.77. The molecule has 3 fully saturated rings. The molecule has 3 aliphatic rings. The average molecular weight is 236 g/mol. The first-order chi connectivity index (χ1) is 8.21. The Hall–Kier alpha value is -0.370. The third-order valence-corrected chi connectivity index (χ3v) is 5.59. The maximum Gasteiger partial charge on any atom is 0.136 e. The first-order valence-electron chi connectivity index (χ1n) is 7.28. The Labute approximate surface area is 104 Å². The van der Waals surface area contributed by atoms with Crippen molar-refractivity contribution in [2.24, 2.45) is 17.8 Å². The van der Waals surface area contributed by atoms with E-state index in [0.29, 0.717) is 12.2 Å². The molecule has 2 heteroatoms. The van der Waals surface area contributed by atoms with Crippen molar-refractivity contribution < 1.29 is 9.53 Å². The van der Waals surface area contributed by atoms with Gasteiger partial charge in [0.05, 0.1) is 5.60 Å². The zero-order chi connectivity index (χ0) is 11.9. The molecule has 2 bridgehead atoms. The maximum atomic E-state index is 12.2. The van der Waals surface area contributed by atoms with Crippen LogP contribution < -0.4 is 0 Å². The Morgan fingerprint density at radius 1 is 1.29 bits per heavy atom. The number of fused-ring (bicyclic) bond motifs is 2. The van der Waals surface area contributed by atoms with Crippen molar-refractivity contribution in [3.05, 3.63) is 0 Å². The fourth-order valence-electron chi connectivity index (χ4n) is 4.37. The van der Waals surface area contributed by atoms with Crippen LogP contribution in [0, 0.1) is 17.8 Å². The lowest BCUT2D eigenvalue weighted by Crippen LogP contribution is -2.41. The van der Waals surface area contributed by atoms with Crippen LogP contribution in [0.15, 0.2) is 0 Å². The van der Waals surface area contributed by atoms with E-state index in [1.54, 1.807) is 7.11 Å². The van der Waals surface area contributed by atoms with E-state index in [9.17, 15) is 4.79 Å². The van der Waals surface area contributed by atoms with Crippen LogP contribution in [0.3, 0.4) is 0 Å². The van der Waals surface area contributed by atoms with Gasteiger partial charge in [-0.3, -0.25) is 4.79 Å². The van der Waals surface area contributed by atoms with E-state index in [0.717, 1.165) is 37.0 Å². The van der Waals surface area contributed by atoms with Gasteiger partial charge in [0, 0.05) is 20.0 Å². The van der Waals surface area contributed by atoms with Crippen LogP contribution in [0.1, 0.15) is 57.8 Å². The highest BCUT2D eigenvalue weighted by atomic mass is 16.5. The van der Waals surface area contributed by atoms with Crippen LogP contribution >= 0.6 is 0 Å². The zero-order valence-corrected chi connectivity index (χ0v) is 10.9. The molecular formula is C15H24O2. The molecule has 0 saturated heterocycles. The van der Waals surface area contributed by atoms with Gasteiger partial charge in [0.15, 0.2) is 0 Å². The van der Waals surface area contributed by atoms with Crippen LogP contribution in [0.25, 0.3) is 0 Å². The molecule has 0 aromatic carbocycles. The zero-order valence-electron chi connectivity index (χ0n) is 10.9. The highest BCUT2D eigenvalue weighted by Crippen LogP contribution is 2.50. The molecular weight excluding hydrogens is 212 g/mol. The minimum Gasteiger partial charge on any atom is -0.378 e. The summed E-state index contributed by atoms with van der Waals surface area (Å²) < 4.78 is 5.55. The van der Waals surface area contributed by atoms with Crippen molar-refractivity contribution in [2.75, 3.05) is 7.11 Å². The first-order valence-corrected chi connectivity index (χ1v) is 7.28. The fraction of sp³-hybridized carbons (Fsp3) is 0.933. The van der Waals surface area contributed by atoms with Gasteiger partial charge in [-0.2, -0.15) is 0 Å². The molecule has 3 rings (SSSR count). The van der Waals surface area contributed by atoms with E-state index in [1.807, 2.05) is 0 Å². The van der Waals surface area contributed by atoms with Gasteiger partial charge in [0.1, 0.15) is 5.78 Å². The van der Waals surface area contributed by atoms with Gasteiger partial charge in [-0.25, -0.2) is 0 Å². The topological polar surface area (TPSA) is 26.3 Å². The number of ketones is 1. The summed E-state index contributed by atoms with van der Waals surface area (Å²) in [6.07, 6.45) is 10.5. The number of carbonyl (C=O) groups excluding carboxylic acids is 1. The van der Waals surface area contributed by atoms with Gasteiger partial charge < -0.3 is 4.74 Å². The number of ether oxygens (including phenoxy) is 1. The highest BCUT2D eigenvalue weighted by Gasteiger charge is 2.42. The van der Waals surface area contributed by atoms with E-state index in [4.69, 9.17) is 4.74 Å². The van der Waals surface area contributed by atoms with Crippen LogP contribution in [0.2, 0.25) is 0 Å². The monoisotopic (exact) mass is 236 g/mol. The van der Waals surface area contributed by atoms with E-state index in [1.165, 1.54) is 32.1 Å². The summed E-state index contributed by atoms with van der Waals surface area (Å²) in [6, 6.07) is 0. The Morgan fingerprint density at radius 2 is 2.12 bits per heavy atom. The molecule has 0 aromatic rings. The molecule has 17 heavy (non-hydrogen) atoms. The molecule has 3 saturated carbocycles. The second-order valence-corrected chi connectivity index (χ2v) is 6.60. The second kappa shape index (κ2) is 4.38. The molecule has 0 radical (unpaired) electrons. The standard InChI is InChI=1S/C15H24O2/c1-17-15(5-2-6-15)10-14(16)9-13-8-11-3-4-12(13)7-11/h11-13H,2-10H2,1H3. The van der Waals surface area contributed by atoms with Gasteiger partial charge in [-0.05, 0) is 56.3 Å². The third-order valence-electron chi connectivity index (χ3n) is 5.59. The molecule has 0 heterocycles. The molecule has 0 amide bonds. The minimum absolute atomic E-state index is 0.0608. The Morgan fingerprint density at radius 3 is 2.59 bits per heavy atom. The normalized spacial score (nSPS) is 38.1. The van der Waals surface area contributed by atoms with Gasteiger partial charge in [0.2, 0.25) is 0 Å². The quantitative estimate of drug-likeness (QED) is 0.732. The summed E-state index contributed by atoms with van der Waals surface area (Å²) in [6.45, 7) is 0. The maximum absolute atomic E-state index is 12.2. The summed E-state index contributed by atoms with van der Waals surface area (Å²) in [4.78, 5) is 12.2. The molecule has 0 N–H and O–H groups in total. The fourth-order valence-corrected chi connectivity index (χ4v) is 4.37. The lowest BCUT2D eigenvalue weighted by Gasteiger charge is -2.40. The predicted octanol–water partition coefficient (Wildman–Crippen LogP) is 3.34. The van der Waals surface area contributed by atoms with Crippen molar-refractivity contribution in [1.82, 2.24) is 0 Å². The SMILES string of the molecule is COC1(CC(=O)CC2CC3CCC2C3)CCC1. The predicted molar refractivity (Wildman–Crippen MR) is 66.8 cm³/mol. The van der Waals surface area contributed by atoms with E-state index < -0.39 is 0 Å². The molecule has 96 valence electrons. The van der Waals surface area contributed by atoms with Crippen molar-refractivity contribution >= 4 is 5.78 Å². The Kier molecular flexibility index (Phi) is 3.02. The van der Waals surface area contributed by atoms with Gasteiger partial charge in [0.25, 0.3) is 0 Å². The van der Waals surface area contributed by atoms with Crippen LogP contribution in [-0.2, 0) is 9.53 Å². The number of rotatable bonds is 5. The van der Waals surface area contributed by atoms with Crippen LogP contribution in [-0.4, -0.2) is 18.5 Å². The second-order valence-electron chi connectivity index (χ2n) is 6.60. The number of hydrogen-bond acceptors (Lipinski definition) is 2. The molecule has 0 aliphatic heterocycles. The van der Waals surface area contributed by atoms with Crippen molar-refractivity contribution in [3.8, 4) is 0 Å². The minimum atomic E-state index is -0.0608. The number of methoxy groups -OCH3 is 1. The summed E-state index contributed by atoms with van der Waals surface area (Å²) >= 11 is 0. The largest absolute Gasteiger partial charge is 0.378 e. The number of Topliss-reactive ketones (excluding diaryl/α,β-unsaturated/α-hetero) is 1. The molecule has 2 nitrogen and oxygen atoms in total. The Bertz CT molecular complexity index is 301. The van der Waals surface area contributed by atoms with E-state index in [2.05, 4.69) is 0 Å². The number of hydrogen-bond donors (Lipinski definition) is 0. The summed E-state index contributed by atoms with van der Waals surface area (Å²) in [5.74, 6) is 3.01. The summed E-state index contributed by atoms with van der Waals surface area (Å²) in [5.41, 5.74) is -0.0608. The van der Waals surface area contributed by atoms with Crippen molar-refractivity contribution in [2.45, 2.75) is 63.4 Å². The molecule has 0 spiro atoms. The smallest absolute Gasteiger partial charge is 0.136 e. The number of carbonyl (C=O) groups is 1. The molecule has 3 aliphatic carbocycles. The third kappa shape index (κ3) is 2.16. The van der Waals surface area contributed by atoms with Crippen molar-refractivity contribution in [3.63, 3.8) is 0 Å². The van der Waals surface area contributed by atoms with E-state index in [-0.39, 0.29) is 5.60 Å². The lowest BCUT2D eigenvalue weighted by molar-refractivity contribution is -0.133. The average Bonchev–Trinajstić information content (AvgIpc) is 2.85. The Balaban J connectivity index is 1.50. The van der Waals surface area contributed by atoms with Crippen LogP contribution in [0.5, 0.6) is 0 Å². The van der Waals surface area contributed by atoms with E-state index >= 15 is 0 Å². The van der Waals surface area contributed by atoms with Gasteiger partial charge >= 0.3 is 0 Å². The van der Waals surface area contributed by atoms with Crippen molar-refractivity contribution in [1.29, 1.82) is 0 Å². The highest BCUT2D eigenvalue weighted by molar-refractivity contribution is 5.80. The lowest BCUT2D eigenvalue weighted by atomic mass is 9.74. The first kappa shape index (κ1) is 11.7. The molecule has 3 atom stereocenters. The summed E-state index contributed by atoms with van der Waals surface area (Å²) in [5, 5.41) is 0. The van der Waals surface area contributed by atoms with Gasteiger partial charge in [-0.15, -0.1) is 0 Å². The molecule has 0 aromatic heterocycles.